The summed E-state index contributed by atoms with van der Waals surface area (Å²) in [4.78, 5) is 17.4. The van der Waals surface area contributed by atoms with Crippen LogP contribution in [0.25, 0.3) is 11.0 Å². The van der Waals surface area contributed by atoms with E-state index in [1.54, 1.807) is 0 Å². The maximum Gasteiger partial charge on any atom is 0.449 e. The van der Waals surface area contributed by atoms with Crippen molar-refractivity contribution in [3.8, 4) is 0 Å². The second-order valence-corrected chi connectivity index (χ2v) is 7.05. The molecule has 120 valence electrons. The van der Waals surface area contributed by atoms with Crippen LogP contribution in [-0.2, 0) is 16.2 Å². The fourth-order valence-corrected chi connectivity index (χ4v) is 2.26. The van der Waals surface area contributed by atoms with E-state index < -0.39 is 33.2 Å². The molecule has 2 N–H and O–H groups in total. The number of carbonyl (C=O) groups excluding carboxylic acids is 1. The number of hydrogen-bond acceptors (Lipinski definition) is 4. The molecule has 1 amide bonds. The number of nitrogens with zero attached hydrogens (tertiary/aromatic N) is 1. The van der Waals surface area contributed by atoms with E-state index in [2.05, 4.69) is 9.97 Å². The van der Waals surface area contributed by atoms with Crippen LogP contribution in [0.2, 0.25) is 0 Å². The van der Waals surface area contributed by atoms with Gasteiger partial charge in [-0.05, 0) is 26.0 Å². The second kappa shape index (κ2) is 5.27. The molecule has 0 aliphatic rings. The Labute approximate surface area is 123 Å². The summed E-state index contributed by atoms with van der Waals surface area (Å²) in [6.45, 7) is 2.74. The molecule has 0 bridgehead atoms. The minimum atomic E-state index is -4.70. The molecule has 22 heavy (non-hydrogen) atoms. The highest BCUT2D eigenvalue weighted by Crippen LogP contribution is 2.29. The lowest BCUT2D eigenvalue weighted by molar-refractivity contribution is -0.144. The van der Waals surface area contributed by atoms with Gasteiger partial charge in [0.15, 0.2) is 0 Å². The fraction of sp³-hybridized carbons (Fsp3) is 0.333. The monoisotopic (exact) mass is 335 g/mol. The third kappa shape index (κ3) is 3.06. The SMILES string of the molecule is CC(C)S(=O)(=O)NC(=O)c1cccc2[nH]c(C(F)(F)F)nc12. The number of halogens is 3. The molecule has 0 spiro atoms. The predicted octanol–water partition coefficient (Wildman–Crippen LogP) is 2.05. The lowest BCUT2D eigenvalue weighted by Crippen LogP contribution is -2.35. The van der Waals surface area contributed by atoms with Gasteiger partial charge in [-0.15, -0.1) is 0 Å². The van der Waals surface area contributed by atoms with Gasteiger partial charge >= 0.3 is 6.18 Å². The first-order valence-corrected chi connectivity index (χ1v) is 7.69. The highest BCUT2D eigenvalue weighted by molar-refractivity contribution is 7.90. The van der Waals surface area contributed by atoms with Crippen LogP contribution in [0.15, 0.2) is 18.2 Å². The van der Waals surface area contributed by atoms with Gasteiger partial charge in [0.1, 0.15) is 5.52 Å². The molecule has 2 aromatic rings. The van der Waals surface area contributed by atoms with Gasteiger partial charge in [0.2, 0.25) is 15.8 Å². The molecule has 0 atom stereocenters. The third-order valence-corrected chi connectivity index (χ3v) is 4.59. The lowest BCUT2D eigenvalue weighted by Gasteiger charge is -2.09. The van der Waals surface area contributed by atoms with E-state index >= 15 is 0 Å². The van der Waals surface area contributed by atoms with Crippen molar-refractivity contribution in [3.05, 3.63) is 29.6 Å². The average Bonchev–Trinajstić information content (AvgIpc) is 2.81. The zero-order valence-corrected chi connectivity index (χ0v) is 12.3. The van der Waals surface area contributed by atoms with Crippen LogP contribution in [0.1, 0.15) is 30.0 Å². The number of amides is 1. The van der Waals surface area contributed by atoms with Crippen LogP contribution < -0.4 is 4.72 Å². The highest BCUT2D eigenvalue weighted by atomic mass is 32.2. The van der Waals surface area contributed by atoms with E-state index in [4.69, 9.17) is 0 Å². The molecule has 0 unspecified atom stereocenters. The number of aromatic nitrogens is 2. The molecule has 0 fully saturated rings. The van der Waals surface area contributed by atoms with Crippen molar-refractivity contribution < 1.29 is 26.4 Å². The first-order chi connectivity index (χ1) is 10.0. The molecule has 0 saturated heterocycles. The molecule has 6 nitrogen and oxygen atoms in total. The van der Waals surface area contributed by atoms with Crippen LogP contribution in [0.3, 0.4) is 0 Å². The minimum absolute atomic E-state index is 0.0121. The maximum absolute atomic E-state index is 12.6. The van der Waals surface area contributed by atoms with Gasteiger partial charge in [-0.25, -0.2) is 18.1 Å². The summed E-state index contributed by atoms with van der Waals surface area (Å²) in [7, 11) is -3.90. The normalized spacial score (nSPS) is 12.8. The van der Waals surface area contributed by atoms with Crippen molar-refractivity contribution in [2.24, 2.45) is 0 Å². The van der Waals surface area contributed by atoms with Crippen molar-refractivity contribution in [2.45, 2.75) is 25.3 Å². The number of benzene rings is 1. The van der Waals surface area contributed by atoms with E-state index in [0.717, 1.165) is 0 Å². The standard InChI is InChI=1S/C12H12F3N3O3S/c1-6(2)22(20,21)18-10(19)7-4-3-5-8-9(7)17-11(16-8)12(13,14)15/h3-6H,1-2H3,(H,16,17)(H,18,19). The third-order valence-electron chi connectivity index (χ3n) is 2.88. The zero-order valence-electron chi connectivity index (χ0n) is 11.5. The van der Waals surface area contributed by atoms with Crippen LogP contribution in [0, 0.1) is 0 Å². The number of nitrogens with one attached hydrogen (secondary N) is 2. The first kappa shape index (κ1) is 16.3. The van der Waals surface area contributed by atoms with E-state index in [9.17, 15) is 26.4 Å². The van der Waals surface area contributed by atoms with Gasteiger partial charge in [-0.3, -0.25) is 4.79 Å². The number of sulfonamides is 1. The molecular weight excluding hydrogens is 323 g/mol. The Kier molecular flexibility index (Phi) is 3.90. The van der Waals surface area contributed by atoms with Crippen LogP contribution in [0.5, 0.6) is 0 Å². The number of alkyl halides is 3. The number of H-pyrrole nitrogens is 1. The average molecular weight is 335 g/mol. The number of carbonyl (C=O) groups is 1. The number of para-hydroxylation sites is 1. The Balaban J connectivity index is 2.48. The topological polar surface area (TPSA) is 91.9 Å². The van der Waals surface area contributed by atoms with Gasteiger partial charge in [0, 0.05) is 0 Å². The Morgan fingerprint density at radius 3 is 2.50 bits per heavy atom. The number of imidazole rings is 1. The summed E-state index contributed by atoms with van der Waals surface area (Å²) in [5.41, 5.74) is -0.512. The molecule has 0 aliphatic carbocycles. The molecule has 0 saturated carbocycles. The Morgan fingerprint density at radius 1 is 1.32 bits per heavy atom. The number of aromatic amines is 1. The maximum atomic E-state index is 12.6. The quantitative estimate of drug-likeness (QED) is 0.898. The predicted molar refractivity (Wildman–Crippen MR) is 72.6 cm³/mol. The van der Waals surface area contributed by atoms with Gasteiger partial charge in [0.25, 0.3) is 5.91 Å². The van der Waals surface area contributed by atoms with Crippen molar-refractivity contribution in [1.82, 2.24) is 14.7 Å². The number of rotatable bonds is 3. The molecule has 1 heterocycles. The smallest absolute Gasteiger partial charge is 0.334 e. The van der Waals surface area contributed by atoms with Crippen molar-refractivity contribution >= 4 is 27.0 Å². The van der Waals surface area contributed by atoms with E-state index in [1.165, 1.54) is 32.0 Å². The Bertz CT molecular complexity index is 825. The Morgan fingerprint density at radius 2 is 1.95 bits per heavy atom. The van der Waals surface area contributed by atoms with Gasteiger partial charge in [-0.2, -0.15) is 13.2 Å². The van der Waals surface area contributed by atoms with Gasteiger partial charge in [0.05, 0.1) is 16.3 Å². The number of fused-ring (bicyclic) bond motifs is 1. The lowest BCUT2D eigenvalue weighted by atomic mass is 10.2. The summed E-state index contributed by atoms with van der Waals surface area (Å²) in [5.74, 6) is -2.28. The van der Waals surface area contributed by atoms with Crippen LogP contribution in [0.4, 0.5) is 13.2 Å². The van der Waals surface area contributed by atoms with E-state index in [-0.39, 0.29) is 16.6 Å². The molecule has 1 aromatic carbocycles. The number of hydrogen-bond donors (Lipinski definition) is 2. The molecular formula is C12H12F3N3O3S. The van der Waals surface area contributed by atoms with Gasteiger partial charge < -0.3 is 4.98 Å². The minimum Gasteiger partial charge on any atom is -0.334 e. The zero-order chi connectivity index (χ0) is 16.7. The van der Waals surface area contributed by atoms with E-state index in [1.807, 2.05) is 4.72 Å². The fourth-order valence-electron chi connectivity index (χ4n) is 1.65. The van der Waals surface area contributed by atoms with Crippen molar-refractivity contribution in [2.75, 3.05) is 0 Å². The molecule has 0 aliphatic heterocycles. The summed E-state index contributed by atoms with van der Waals surface area (Å²) in [5, 5.41) is -0.861. The molecule has 10 heteroatoms. The second-order valence-electron chi connectivity index (χ2n) is 4.81. The van der Waals surface area contributed by atoms with Crippen molar-refractivity contribution in [3.63, 3.8) is 0 Å². The Hall–Kier alpha value is -2.10. The van der Waals surface area contributed by atoms with Gasteiger partial charge in [-0.1, -0.05) is 6.07 Å². The highest BCUT2D eigenvalue weighted by Gasteiger charge is 2.35. The largest absolute Gasteiger partial charge is 0.449 e. The van der Waals surface area contributed by atoms with Crippen LogP contribution >= 0.6 is 0 Å². The summed E-state index contributed by atoms with van der Waals surface area (Å²) in [6, 6.07) is 3.84. The summed E-state index contributed by atoms with van der Waals surface area (Å²) < 4.78 is 63.1. The molecule has 0 radical (unpaired) electrons. The first-order valence-electron chi connectivity index (χ1n) is 6.14. The van der Waals surface area contributed by atoms with Crippen LogP contribution in [-0.4, -0.2) is 29.5 Å². The van der Waals surface area contributed by atoms with E-state index in [0.29, 0.717) is 0 Å². The van der Waals surface area contributed by atoms with Crippen molar-refractivity contribution in [1.29, 1.82) is 0 Å². The summed E-state index contributed by atoms with van der Waals surface area (Å²) >= 11 is 0. The molecule has 1 aromatic heterocycles. The molecule has 2 rings (SSSR count). The summed E-state index contributed by atoms with van der Waals surface area (Å²) in [6.07, 6.45) is -4.70.